The van der Waals surface area contributed by atoms with Gasteiger partial charge in [0.05, 0.1) is 7.11 Å². The normalized spacial score (nSPS) is 10.9. The Hall–Kier alpha value is -3.62. The predicted molar refractivity (Wildman–Crippen MR) is 157 cm³/mol. The number of fused-ring (bicyclic) bond motifs is 1. The number of hydrogen-bond acceptors (Lipinski definition) is 4. The van der Waals surface area contributed by atoms with Gasteiger partial charge in [-0.1, -0.05) is 58.4 Å². The summed E-state index contributed by atoms with van der Waals surface area (Å²) in [6, 6.07) is 23.1. The molecule has 0 spiro atoms. The van der Waals surface area contributed by atoms with E-state index in [-0.39, 0.29) is 18.4 Å². The molecule has 7 nitrogen and oxygen atoms in total. The first kappa shape index (κ1) is 28.4. The van der Waals surface area contributed by atoms with Crippen LogP contribution in [0, 0.1) is 0 Å². The summed E-state index contributed by atoms with van der Waals surface area (Å²) >= 11 is 3.44. The number of rotatable bonds is 13. The van der Waals surface area contributed by atoms with E-state index in [1.807, 2.05) is 65.7 Å². The van der Waals surface area contributed by atoms with Crippen molar-refractivity contribution in [2.75, 3.05) is 40.5 Å². The minimum absolute atomic E-state index is 0.0297. The van der Waals surface area contributed by atoms with Crippen molar-refractivity contribution in [3.63, 3.8) is 0 Å². The summed E-state index contributed by atoms with van der Waals surface area (Å²) in [7, 11) is 3.26. The number of H-pyrrole nitrogens is 1. The van der Waals surface area contributed by atoms with Gasteiger partial charge in [0.15, 0.2) is 0 Å². The van der Waals surface area contributed by atoms with Gasteiger partial charge in [0.25, 0.3) is 5.91 Å². The zero-order valence-corrected chi connectivity index (χ0v) is 23.9. The van der Waals surface area contributed by atoms with E-state index in [1.165, 1.54) is 0 Å². The first-order valence-electron chi connectivity index (χ1n) is 13.0. The maximum absolute atomic E-state index is 13.9. The molecule has 2 amide bonds. The van der Waals surface area contributed by atoms with Gasteiger partial charge >= 0.3 is 0 Å². The molecule has 4 rings (SSSR count). The molecule has 1 N–H and O–H groups in total. The van der Waals surface area contributed by atoms with E-state index < -0.39 is 0 Å². The molecule has 0 radical (unpaired) electrons. The topological polar surface area (TPSA) is 74.9 Å². The minimum atomic E-state index is -0.186. The molecule has 0 atom stereocenters. The lowest BCUT2D eigenvalue weighted by atomic mass is 10.1. The van der Waals surface area contributed by atoms with Crippen LogP contribution in [0.5, 0.6) is 5.75 Å². The molecule has 0 aliphatic rings. The third kappa shape index (κ3) is 7.49. The van der Waals surface area contributed by atoms with Crippen molar-refractivity contribution in [2.45, 2.75) is 19.4 Å². The molecule has 0 saturated heterocycles. The quantitative estimate of drug-likeness (QED) is 0.203. The van der Waals surface area contributed by atoms with E-state index in [9.17, 15) is 9.59 Å². The van der Waals surface area contributed by atoms with Crippen LogP contribution < -0.4 is 4.74 Å². The highest BCUT2D eigenvalue weighted by atomic mass is 79.9. The van der Waals surface area contributed by atoms with Crippen LogP contribution in [0.25, 0.3) is 10.9 Å². The van der Waals surface area contributed by atoms with Gasteiger partial charge < -0.3 is 24.3 Å². The van der Waals surface area contributed by atoms with Gasteiger partial charge in [-0.3, -0.25) is 9.59 Å². The number of amides is 2. The number of carbonyl (C=O) groups is 2. The molecule has 0 aliphatic carbocycles. The predicted octanol–water partition coefficient (Wildman–Crippen LogP) is 5.69. The van der Waals surface area contributed by atoms with Gasteiger partial charge in [0, 0.05) is 66.1 Å². The summed E-state index contributed by atoms with van der Waals surface area (Å²) in [5, 5.41) is 1.15. The third-order valence-corrected chi connectivity index (χ3v) is 7.19. The number of halogens is 1. The zero-order valence-electron chi connectivity index (χ0n) is 22.4. The largest absolute Gasteiger partial charge is 0.496 e. The lowest BCUT2D eigenvalue weighted by Crippen LogP contribution is -2.44. The molecule has 0 unspecified atom stereocenters. The van der Waals surface area contributed by atoms with Gasteiger partial charge in [-0.2, -0.15) is 0 Å². The summed E-state index contributed by atoms with van der Waals surface area (Å²) in [5.41, 5.74) is 3.66. The average Bonchev–Trinajstić information content (AvgIpc) is 3.37. The molecule has 204 valence electrons. The first-order valence-corrected chi connectivity index (χ1v) is 13.8. The lowest BCUT2D eigenvalue weighted by Gasteiger charge is -2.28. The van der Waals surface area contributed by atoms with Crippen LogP contribution in [0.4, 0.5) is 0 Å². The number of aromatic amines is 1. The fraction of sp³-hybridized carbons (Fsp3) is 0.290. The maximum atomic E-state index is 13.9. The van der Waals surface area contributed by atoms with Crippen molar-refractivity contribution in [1.29, 1.82) is 0 Å². The third-order valence-electron chi connectivity index (χ3n) is 6.69. The Kier molecular flexibility index (Phi) is 10.2. The molecule has 0 aliphatic heterocycles. The molecule has 3 aromatic carbocycles. The molecule has 0 saturated carbocycles. The van der Waals surface area contributed by atoms with Crippen molar-refractivity contribution >= 4 is 38.6 Å². The molecule has 1 heterocycles. The van der Waals surface area contributed by atoms with Gasteiger partial charge in [-0.15, -0.1) is 0 Å². The number of hydrogen-bond donors (Lipinski definition) is 1. The molecule has 0 fully saturated rings. The number of ether oxygens (including phenoxy) is 2. The van der Waals surface area contributed by atoms with Crippen molar-refractivity contribution < 1.29 is 19.1 Å². The standard InChI is InChI=1S/C31H34BrN3O4/c1-38-18-8-16-35(31(37)23-10-7-11-26(32)19-23)22-30(36)34(21-25-9-3-6-14-29(25)39-2)17-15-24-20-33-28-13-5-4-12-27(24)28/h3-7,9-14,19-20,33H,8,15-18,21-22H2,1-2H3. The second-order valence-corrected chi connectivity index (χ2v) is 10.2. The van der Waals surface area contributed by atoms with Crippen LogP contribution in [0.3, 0.4) is 0 Å². The molecule has 8 heteroatoms. The number of para-hydroxylation sites is 2. The van der Waals surface area contributed by atoms with Gasteiger partial charge in [0.1, 0.15) is 12.3 Å². The van der Waals surface area contributed by atoms with E-state index in [0.717, 1.165) is 32.3 Å². The highest BCUT2D eigenvalue weighted by molar-refractivity contribution is 9.10. The van der Waals surface area contributed by atoms with Crippen molar-refractivity contribution in [3.8, 4) is 5.75 Å². The smallest absolute Gasteiger partial charge is 0.254 e. The van der Waals surface area contributed by atoms with Crippen LogP contribution in [-0.2, 0) is 22.5 Å². The van der Waals surface area contributed by atoms with Gasteiger partial charge in [-0.25, -0.2) is 0 Å². The Morgan fingerprint density at radius 2 is 1.69 bits per heavy atom. The Morgan fingerprint density at radius 1 is 0.897 bits per heavy atom. The SMILES string of the molecule is COCCCN(CC(=O)N(CCc1c[nH]c2ccccc12)Cc1ccccc1OC)C(=O)c1cccc(Br)c1. The highest BCUT2D eigenvalue weighted by Gasteiger charge is 2.23. The van der Waals surface area contributed by atoms with Crippen molar-refractivity contribution in [1.82, 2.24) is 14.8 Å². The fourth-order valence-electron chi connectivity index (χ4n) is 4.64. The van der Waals surface area contributed by atoms with E-state index in [0.29, 0.717) is 44.6 Å². The number of methoxy groups -OCH3 is 2. The van der Waals surface area contributed by atoms with E-state index >= 15 is 0 Å². The molecule has 1 aromatic heterocycles. The first-order chi connectivity index (χ1) is 19.0. The molecule has 4 aromatic rings. The van der Waals surface area contributed by atoms with Crippen LogP contribution in [0.2, 0.25) is 0 Å². The van der Waals surface area contributed by atoms with Crippen LogP contribution in [0.15, 0.2) is 83.5 Å². The highest BCUT2D eigenvalue weighted by Crippen LogP contribution is 2.22. The van der Waals surface area contributed by atoms with Crippen molar-refractivity contribution in [2.24, 2.45) is 0 Å². The molecule has 39 heavy (non-hydrogen) atoms. The van der Waals surface area contributed by atoms with E-state index in [1.54, 1.807) is 31.3 Å². The number of nitrogens with zero attached hydrogens (tertiary/aromatic N) is 2. The number of nitrogens with one attached hydrogen (secondary N) is 1. The maximum Gasteiger partial charge on any atom is 0.254 e. The zero-order chi connectivity index (χ0) is 27.6. The fourth-order valence-corrected chi connectivity index (χ4v) is 5.04. The minimum Gasteiger partial charge on any atom is -0.496 e. The van der Waals surface area contributed by atoms with Gasteiger partial charge in [0.2, 0.25) is 5.91 Å². The Balaban J connectivity index is 1.57. The Bertz CT molecular complexity index is 1400. The molecular weight excluding hydrogens is 558 g/mol. The molecule has 0 bridgehead atoms. The van der Waals surface area contributed by atoms with E-state index in [2.05, 4.69) is 27.0 Å². The molecular formula is C31H34BrN3O4. The number of aromatic nitrogens is 1. The monoisotopic (exact) mass is 591 g/mol. The van der Waals surface area contributed by atoms with Crippen LogP contribution in [0.1, 0.15) is 27.9 Å². The summed E-state index contributed by atoms with van der Waals surface area (Å²) < 4.78 is 11.6. The Morgan fingerprint density at radius 3 is 2.49 bits per heavy atom. The Labute approximate surface area is 237 Å². The van der Waals surface area contributed by atoms with Crippen LogP contribution >= 0.6 is 15.9 Å². The van der Waals surface area contributed by atoms with Gasteiger partial charge in [-0.05, 0) is 48.7 Å². The van der Waals surface area contributed by atoms with E-state index in [4.69, 9.17) is 9.47 Å². The second-order valence-electron chi connectivity index (χ2n) is 9.32. The average molecular weight is 593 g/mol. The summed E-state index contributed by atoms with van der Waals surface area (Å²) in [6.07, 6.45) is 3.31. The second kappa shape index (κ2) is 14.0. The lowest BCUT2D eigenvalue weighted by molar-refractivity contribution is -0.132. The summed E-state index contributed by atoms with van der Waals surface area (Å²) in [4.78, 5) is 34.1. The summed E-state index contributed by atoms with van der Waals surface area (Å²) in [6.45, 7) is 1.76. The van der Waals surface area contributed by atoms with Crippen molar-refractivity contribution in [3.05, 3.63) is 100 Å². The number of benzene rings is 3. The number of carbonyl (C=O) groups excluding carboxylic acids is 2. The van der Waals surface area contributed by atoms with Crippen LogP contribution in [-0.4, -0.2) is 67.1 Å². The summed E-state index contributed by atoms with van der Waals surface area (Å²) in [5.74, 6) is 0.417.